The maximum Gasteiger partial charge on any atom is 0.268 e. The van der Waals surface area contributed by atoms with Gasteiger partial charge in [-0.3, -0.25) is 0 Å². The summed E-state index contributed by atoms with van der Waals surface area (Å²) in [5.41, 5.74) is 2.73. The minimum absolute atomic E-state index is 0. The summed E-state index contributed by atoms with van der Waals surface area (Å²) in [5, 5.41) is 3.00. The first-order valence-corrected chi connectivity index (χ1v) is 9.30. The molecule has 1 N–H and O–H groups in total. The van der Waals surface area contributed by atoms with Crippen molar-refractivity contribution in [2.24, 2.45) is 0 Å². The SMILES string of the molecule is CNCc1cc(-c2cccc(F)c2)n(S(=O)(=O)c2ccc(C)cc2)c1.Cl. The van der Waals surface area contributed by atoms with E-state index in [4.69, 9.17) is 0 Å². The Morgan fingerprint density at radius 3 is 2.38 bits per heavy atom. The van der Waals surface area contributed by atoms with Crippen molar-refractivity contribution in [3.8, 4) is 11.3 Å². The summed E-state index contributed by atoms with van der Waals surface area (Å²) >= 11 is 0. The molecule has 0 atom stereocenters. The van der Waals surface area contributed by atoms with Gasteiger partial charge in [0.2, 0.25) is 0 Å². The van der Waals surface area contributed by atoms with Crippen LogP contribution >= 0.6 is 12.4 Å². The zero-order valence-electron chi connectivity index (χ0n) is 14.4. The lowest BCUT2D eigenvalue weighted by Gasteiger charge is -2.11. The predicted octanol–water partition coefficient (Wildman–Crippen LogP) is 3.98. The molecule has 0 aliphatic heterocycles. The highest BCUT2D eigenvalue weighted by molar-refractivity contribution is 7.90. The fraction of sp³-hybridized carbons (Fsp3) is 0.158. The van der Waals surface area contributed by atoms with Crippen molar-refractivity contribution >= 4 is 22.4 Å². The first-order valence-electron chi connectivity index (χ1n) is 7.86. The number of benzene rings is 2. The number of rotatable bonds is 5. The van der Waals surface area contributed by atoms with Crippen LogP contribution in [0.2, 0.25) is 0 Å². The van der Waals surface area contributed by atoms with Gasteiger partial charge in [-0.05, 0) is 49.9 Å². The Labute approximate surface area is 159 Å². The molecule has 138 valence electrons. The average Bonchev–Trinajstić information content (AvgIpc) is 3.00. The van der Waals surface area contributed by atoms with Gasteiger partial charge >= 0.3 is 0 Å². The number of halogens is 2. The fourth-order valence-electron chi connectivity index (χ4n) is 2.68. The minimum Gasteiger partial charge on any atom is -0.316 e. The van der Waals surface area contributed by atoms with Crippen LogP contribution in [0.4, 0.5) is 4.39 Å². The number of nitrogens with zero attached hydrogens (tertiary/aromatic N) is 1. The molecule has 26 heavy (non-hydrogen) atoms. The van der Waals surface area contributed by atoms with Crippen LogP contribution in [0.1, 0.15) is 11.1 Å². The summed E-state index contributed by atoms with van der Waals surface area (Å²) in [7, 11) is -1.99. The zero-order chi connectivity index (χ0) is 18.0. The van der Waals surface area contributed by atoms with Crippen molar-refractivity contribution in [1.82, 2.24) is 9.29 Å². The van der Waals surface area contributed by atoms with E-state index in [0.29, 0.717) is 17.8 Å². The van der Waals surface area contributed by atoms with E-state index in [2.05, 4.69) is 5.32 Å². The molecule has 0 saturated heterocycles. The second-order valence-corrected chi connectivity index (χ2v) is 7.70. The van der Waals surface area contributed by atoms with Crippen LogP contribution in [-0.4, -0.2) is 19.4 Å². The Kier molecular flexibility index (Phi) is 6.23. The van der Waals surface area contributed by atoms with Gasteiger partial charge in [-0.25, -0.2) is 16.8 Å². The highest BCUT2D eigenvalue weighted by atomic mass is 35.5. The van der Waals surface area contributed by atoms with Gasteiger partial charge in [-0.15, -0.1) is 12.4 Å². The molecule has 3 rings (SSSR count). The van der Waals surface area contributed by atoms with Crippen molar-refractivity contribution in [1.29, 1.82) is 0 Å². The highest BCUT2D eigenvalue weighted by Crippen LogP contribution is 2.27. The number of aryl methyl sites for hydroxylation is 1. The average molecular weight is 395 g/mol. The fourth-order valence-corrected chi connectivity index (χ4v) is 4.08. The lowest BCUT2D eigenvalue weighted by molar-refractivity contribution is 0.587. The molecular formula is C19H20ClFN2O2S. The van der Waals surface area contributed by atoms with Crippen molar-refractivity contribution in [2.45, 2.75) is 18.4 Å². The third-order valence-corrected chi connectivity index (χ3v) is 5.61. The van der Waals surface area contributed by atoms with Gasteiger partial charge in [-0.2, -0.15) is 0 Å². The largest absolute Gasteiger partial charge is 0.316 e. The molecule has 2 aromatic carbocycles. The monoisotopic (exact) mass is 394 g/mol. The Morgan fingerprint density at radius 1 is 1.08 bits per heavy atom. The van der Waals surface area contributed by atoms with E-state index in [1.807, 2.05) is 6.92 Å². The summed E-state index contributed by atoms with van der Waals surface area (Å²) in [4.78, 5) is 0.197. The molecule has 1 heterocycles. The molecule has 7 heteroatoms. The molecule has 0 aliphatic carbocycles. The second kappa shape index (κ2) is 8.03. The van der Waals surface area contributed by atoms with Gasteiger partial charge in [0, 0.05) is 18.3 Å². The Morgan fingerprint density at radius 2 is 1.77 bits per heavy atom. The van der Waals surface area contributed by atoms with Gasteiger partial charge < -0.3 is 5.32 Å². The topological polar surface area (TPSA) is 51.1 Å². The Hall–Kier alpha value is -2.15. The molecule has 0 spiro atoms. The smallest absolute Gasteiger partial charge is 0.268 e. The van der Waals surface area contributed by atoms with E-state index in [1.165, 1.54) is 16.1 Å². The van der Waals surface area contributed by atoms with Crippen molar-refractivity contribution in [2.75, 3.05) is 7.05 Å². The standard InChI is InChI=1S/C19H19FN2O2S.ClH/c1-14-6-8-18(9-7-14)25(23,24)22-13-15(12-21-2)10-19(22)16-4-3-5-17(20)11-16;/h3-11,13,21H,12H2,1-2H3;1H. The van der Waals surface area contributed by atoms with Gasteiger partial charge in [0.05, 0.1) is 10.6 Å². The molecule has 1 aromatic heterocycles. The summed E-state index contributed by atoms with van der Waals surface area (Å²) in [6, 6.07) is 14.4. The molecule has 0 unspecified atom stereocenters. The normalized spacial score (nSPS) is 11.2. The van der Waals surface area contributed by atoms with Crippen LogP contribution in [0.5, 0.6) is 0 Å². The van der Waals surface area contributed by atoms with Gasteiger partial charge in [0.25, 0.3) is 10.0 Å². The molecule has 0 fully saturated rings. The summed E-state index contributed by atoms with van der Waals surface area (Å²) in [6.45, 7) is 2.41. The molecule has 0 amide bonds. The molecular weight excluding hydrogens is 375 g/mol. The molecule has 3 aromatic rings. The lowest BCUT2D eigenvalue weighted by Crippen LogP contribution is -2.13. The van der Waals surface area contributed by atoms with Crippen LogP contribution in [0.3, 0.4) is 0 Å². The van der Waals surface area contributed by atoms with Crippen molar-refractivity contribution in [3.05, 3.63) is 77.7 Å². The van der Waals surface area contributed by atoms with Crippen molar-refractivity contribution in [3.63, 3.8) is 0 Å². The number of hydrogen-bond acceptors (Lipinski definition) is 3. The summed E-state index contributed by atoms with van der Waals surface area (Å²) < 4.78 is 41.0. The number of aromatic nitrogens is 1. The first kappa shape index (κ1) is 20.2. The molecule has 4 nitrogen and oxygen atoms in total. The van der Waals surface area contributed by atoms with Crippen LogP contribution in [0.25, 0.3) is 11.3 Å². The Bertz CT molecular complexity index is 999. The lowest BCUT2D eigenvalue weighted by atomic mass is 10.1. The quantitative estimate of drug-likeness (QED) is 0.712. The highest BCUT2D eigenvalue weighted by Gasteiger charge is 2.21. The third-order valence-electron chi connectivity index (χ3n) is 3.92. The van der Waals surface area contributed by atoms with Crippen LogP contribution in [0.15, 0.2) is 65.7 Å². The zero-order valence-corrected chi connectivity index (χ0v) is 16.1. The van der Waals surface area contributed by atoms with E-state index in [-0.39, 0.29) is 17.3 Å². The molecule has 0 bridgehead atoms. The predicted molar refractivity (Wildman–Crippen MR) is 104 cm³/mol. The number of hydrogen-bond donors (Lipinski definition) is 1. The van der Waals surface area contributed by atoms with Crippen LogP contribution in [-0.2, 0) is 16.6 Å². The minimum atomic E-state index is -3.78. The third kappa shape index (κ3) is 3.98. The number of nitrogens with one attached hydrogen (secondary N) is 1. The first-order chi connectivity index (χ1) is 11.9. The maximum absolute atomic E-state index is 13.6. The van der Waals surface area contributed by atoms with E-state index in [0.717, 1.165) is 11.1 Å². The maximum atomic E-state index is 13.6. The van der Waals surface area contributed by atoms with E-state index >= 15 is 0 Å². The van der Waals surface area contributed by atoms with E-state index in [1.54, 1.807) is 55.7 Å². The van der Waals surface area contributed by atoms with Crippen LogP contribution < -0.4 is 5.32 Å². The molecule has 0 saturated carbocycles. The summed E-state index contributed by atoms with van der Waals surface area (Å²) in [6.07, 6.45) is 1.58. The van der Waals surface area contributed by atoms with Gasteiger partial charge in [-0.1, -0.05) is 29.8 Å². The van der Waals surface area contributed by atoms with E-state index < -0.39 is 15.8 Å². The molecule has 0 aliphatic rings. The second-order valence-electron chi connectivity index (χ2n) is 5.89. The molecule has 0 radical (unpaired) electrons. The van der Waals surface area contributed by atoms with E-state index in [9.17, 15) is 12.8 Å². The Balaban J connectivity index is 0.00000243. The van der Waals surface area contributed by atoms with Gasteiger partial charge in [0.15, 0.2) is 0 Å². The van der Waals surface area contributed by atoms with Crippen LogP contribution in [0, 0.1) is 12.7 Å². The van der Waals surface area contributed by atoms with Gasteiger partial charge in [0.1, 0.15) is 5.82 Å². The van der Waals surface area contributed by atoms with Crippen molar-refractivity contribution < 1.29 is 12.8 Å². The summed E-state index contributed by atoms with van der Waals surface area (Å²) in [5.74, 6) is -0.409.